The van der Waals surface area contributed by atoms with Gasteiger partial charge in [-0.15, -0.1) is 0 Å². The summed E-state index contributed by atoms with van der Waals surface area (Å²) in [4.78, 5) is 10.5. The molecular weight excluding hydrogens is 190 g/mol. The van der Waals surface area contributed by atoms with Gasteiger partial charge in [-0.2, -0.15) is 0 Å². The fourth-order valence-electron chi connectivity index (χ4n) is 0.834. The molecule has 1 rings (SSSR count). The van der Waals surface area contributed by atoms with Crippen molar-refractivity contribution in [1.82, 2.24) is 0 Å². The number of hydrogen-bond donors (Lipinski definition) is 1. The van der Waals surface area contributed by atoms with E-state index in [-0.39, 0.29) is 4.90 Å². The Bertz CT molecular complexity index is 419. The molecule has 0 saturated heterocycles. The second-order valence-corrected chi connectivity index (χ2v) is 4.52. The Kier molecular flexibility index (Phi) is 2.38. The summed E-state index contributed by atoms with van der Waals surface area (Å²) in [5.41, 5.74) is 5.63. The van der Waals surface area contributed by atoms with Crippen LogP contribution in [0.5, 0.6) is 0 Å². The van der Waals surface area contributed by atoms with Gasteiger partial charge in [-0.1, -0.05) is 17.7 Å². The smallest absolute Gasteiger partial charge is 0.338 e. The predicted molar refractivity (Wildman–Crippen MR) is 47.9 cm³/mol. The van der Waals surface area contributed by atoms with Crippen molar-refractivity contribution < 1.29 is 13.2 Å². The Morgan fingerprint density at radius 2 is 1.69 bits per heavy atom. The summed E-state index contributed by atoms with van der Waals surface area (Å²) < 4.78 is 22.3. The van der Waals surface area contributed by atoms with Gasteiger partial charge in [0, 0.05) is 0 Å². The first-order valence-corrected chi connectivity index (χ1v) is 5.04. The lowest BCUT2D eigenvalue weighted by molar-refractivity contribution is 0.265. The van der Waals surface area contributed by atoms with E-state index in [1.807, 2.05) is 6.92 Å². The summed E-state index contributed by atoms with van der Waals surface area (Å²) in [6.45, 7) is 1.82. The molecule has 1 aromatic rings. The maximum atomic E-state index is 11.2. The van der Waals surface area contributed by atoms with Crippen LogP contribution < -0.4 is 5.73 Å². The molecule has 0 atom stereocenters. The second kappa shape index (κ2) is 3.18. The highest BCUT2D eigenvalue weighted by Gasteiger charge is 2.20. The van der Waals surface area contributed by atoms with Gasteiger partial charge in [0.15, 0.2) is 0 Å². The van der Waals surface area contributed by atoms with E-state index in [2.05, 4.69) is 0 Å². The molecule has 0 aromatic heterocycles. The molecule has 13 heavy (non-hydrogen) atoms. The van der Waals surface area contributed by atoms with E-state index in [4.69, 9.17) is 5.73 Å². The van der Waals surface area contributed by atoms with Crippen LogP contribution in [0.15, 0.2) is 29.2 Å². The number of hydrogen-bond acceptors (Lipinski definition) is 3. The standard InChI is InChI=1S/C8H9NO3S/c1-6-2-4-7(5-3-6)13(11,12)8(9)10/h2-5H,1H3,(H2,9,10). The van der Waals surface area contributed by atoms with E-state index in [0.717, 1.165) is 5.56 Å². The Morgan fingerprint density at radius 1 is 1.23 bits per heavy atom. The number of aryl methyl sites for hydroxylation is 1. The maximum absolute atomic E-state index is 11.2. The molecule has 0 heterocycles. The van der Waals surface area contributed by atoms with Crippen molar-refractivity contribution in [3.05, 3.63) is 29.8 Å². The minimum absolute atomic E-state index is 0.0643. The first-order valence-electron chi connectivity index (χ1n) is 3.56. The Hall–Kier alpha value is -1.36. The van der Waals surface area contributed by atoms with Gasteiger partial charge in [0.25, 0.3) is 9.84 Å². The van der Waals surface area contributed by atoms with Crippen molar-refractivity contribution in [3.63, 3.8) is 0 Å². The van der Waals surface area contributed by atoms with Crippen molar-refractivity contribution in [3.8, 4) is 0 Å². The highest BCUT2D eigenvalue weighted by Crippen LogP contribution is 2.11. The third-order valence-electron chi connectivity index (χ3n) is 1.60. The van der Waals surface area contributed by atoms with Gasteiger partial charge in [0.2, 0.25) is 0 Å². The van der Waals surface area contributed by atoms with Crippen LogP contribution in [0.4, 0.5) is 4.79 Å². The number of rotatable bonds is 1. The van der Waals surface area contributed by atoms with E-state index in [9.17, 15) is 13.2 Å². The fourth-order valence-corrected chi connectivity index (χ4v) is 1.56. The average molecular weight is 199 g/mol. The van der Waals surface area contributed by atoms with Gasteiger partial charge >= 0.3 is 5.24 Å². The van der Waals surface area contributed by atoms with Crippen LogP contribution >= 0.6 is 0 Å². The number of carbonyl (C=O) groups is 1. The fraction of sp³-hybridized carbons (Fsp3) is 0.125. The molecular formula is C8H9NO3S. The molecule has 0 spiro atoms. The lowest BCUT2D eigenvalue weighted by Crippen LogP contribution is -2.21. The minimum atomic E-state index is -3.95. The molecule has 0 aliphatic rings. The number of nitrogens with two attached hydrogens (primary N) is 1. The molecule has 0 aliphatic heterocycles. The highest BCUT2D eigenvalue weighted by molar-refractivity contribution is 8.06. The van der Waals surface area contributed by atoms with Crippen LogP contribution in [0.2, 0.25) is 0 Å². The quantitative estimate of drug-likeness (QED) is 0.728. The zero-order valence-electron chi connectivity index (χ0n) is 7.02. The number of carbonyl (C=O) groups excluding carboxylic acids is 1. The molecule has 4 nitrogen and oxygen atoms in total. The lowest BCUT2D eigenvalue weighted by Gasteiger charge is -1.99. The largest absolute Gasteiger partial charge is 0.356 e. The molecule has 0 unspecified atom stereocenters. The molecule has 1 amide bonds. The molecule has 0 bridgehead atoms. The highest BCUT2D eigenvalue weighted by atomic mass is 32.2. The van der Waals surface area contributed by atoms with E-state index in [1.54, 1.807) is 12.1 Å². The van der Waals surface area contributed by atoms with Gasteiger partial charge in [-0.05, 0) is 19.1 Å². The van der Waals surface area contributed by atoms with E-state index >= 15 is 0 Å². The van der Waals surface area contributed by atoms with Gasteiger partial charge in [-0.25, -0.2) is 8.42 Å². The summed E-state index contributed by atoms with van der Waals surface area (Å²) >= 11 is 0. The topological polar surface area (TPSA) is 77.2 Å². The Morgan fingerprint density at radius 3 is 2.08 bits per heavy atom. The average Bonchev–Trinajstić information content (AvgIpc) is 2.04. The van der Waals surface area contributed by atoms with Crippen molar-refractivity contribution in [2.45, 2.75) is 11.8 Å². The lowest BCUT2D eigenvalue weighted by atomic mass is 10.2. The minimum Gasteiger partial charge on any atom is -0.356 e. The summed E-state index contributed by atoms with van der Waals surface area (Å²) in [6.07, 6.45) is 0. The number of amides is 1. The van der Waals surface area contributed by atoms with Gasteiger partial charge in [0.05, 0.1) is 4.90 Å². The Labute approximate surface area is 76.3 Å². The van der Waals surface area contributed by atoms with Crippen LogP contribution in [0.3, 0.4) is 0 Å². The molecule has 0 aliphatic carbocycles. The molecule has 5 heteroatoms. The van der Waals surface area contributed by atoms with E-state index < -0.39 is 15.1 Å². The van der Waals surface area contributed by atoms with Gasteiger partial charge < -0.3 is 5.73 Å². The molecule has 1 aromatic carbocycles. The summed E-state index contributed by atoms with van der Waals surface area (Å²) in [7, 11) is -3.95. The Balaban J connectivity index is 3.25. The molecule has 0 saturated carbocycles. The van der Waals surface area contributed by atoms with Crippen LogP contribution in [0.25, 0.3) is 0 Å². The molecule has 0 radical (unpaired) electrons. The summed E-state index contributed by atoms with van der Waals surface area (Å²) in [5, 5.41) is -1.32. The summed E-state index contributed by atoms with van der Waals surface area (Å²) in [6, 6.07) is 5.93. The van der Waals surface area contributed by atoms with Crippen LogP contribution in [-0.2, 0) is 9.84 Å². The zero-order valence-corrected chi connectivity index (χ0v) is 7.84. The molecule has 0 fully saturated rings. The molecule has 2 N–H and O–H groups in total. The normalized spacial score (nSPS) is 11.2. The van der Waals surface area contributed by atoms with Gasteiger partial charge in [-0.3, -0.25) is 4.79 Å². The SMILES string of the molecule is Cc1ccc(S(=O)(=O)C(N)=O)cc1. The van der Waals surface area contributed by atoms with Crippen molar-refractivity contribution in [2.24, 2.45) is 5.73 Å². The first kappa shape index (κ1) is 9.73. The van der Waals surface area contributed by atoms with E-state index in [1.165, 1.54) is 12.1 Å². The number of benzene rings is 1. The zero-order chi connectivity index (χ0) is 10.1. The maximum Gasteiger partial charge on any atom is 0.338 e. The van der Waals surface area contributed by atoms with Crippen molar-refractivity contribution in [1.29, 1.82) is 0 Å². The third-order valence-corrected chi connectivity index (χ3v) is 3.02. The van der Waals surface area contributed by atoms with Crippen LogP contribution in [0.1, 0.15) is 5.56 Å². The summed E-state index contributed by atoms with van der Waals surface area (Å²) in [5.74, 6) is 0. The van der Waals surface area contributed by atoms with Crippen LogP contribution in [-0.4, -0.2) is 13.7 Å². The number of sulfone groups is 1. The van der Waals surface area contributed by atoms with Gasteiger partial charge in [0.1, 0.15) is 0 Å². The number of primary amides is 1. The second-order valence-electron chi connectivity index (χ2n) is 2.64. The van der Waals surface area contributed by atoms with Crippen molar-refractivity contribution in [2.75, 3.05) is 0 Å². The third kappa shape index (κ3) is 1.86. The first-order chi connectivity index (χ1) is 5.94. The predicted octanol–water partition coefficient (Wildman–Crippen LogP) is 0.847. The van der Waals surface area contributed by atoms with E-state index in [0.29, 0.717) is 0 Å². The molecule has 70 valence electrons. The van der Waals surface area contributed by atoms with Crippen LogP contribution in [0, 0.1) is 6.92 Å². The van der Waals surface area contributed by atoms with Crippen molar-refractivity contribution >= 4 is 15.1 Å². The monoisotopic (exact) mass is 199 g/mol.